The van der Waals surface area contributed by atoms with Gasteiger partial charge in [0.05, 0.1) is 11.2 Å². The van der Waals surface area contributed by atoms with Crippen molar-refractivity contribution >= 4 is 49.9 Å². The maximum absolute atomic E-state index is 4.77. The van der Waals surface area contributed by atoms with Gasteiger partial charge in [-0.1, -0.05) is 34.1 Å². The Morgan fingerprint density at radius 3 is 2.36 bits per heavy atom. The summed E-state index contributed by atoms with van der Waals surface area (Å²) in [5, 5.41) is 9.97. The first-order chi connectivity index (χ1) is 12.0. The second-order valence-electron chi connectivity index (χ2n) is 5.98. The number of aliphatic imine (C=N–C) groups is 1. The number of para-hydroxylation sites is 1. The van der Waals surface area contributed by atoms with Crippen LogP contribution in [-0.2, 0) is 7.05 Å². The lowest BCUT2D eigenvalue weighted by molar-refractivity contribution is 0.618. The van der Waals surface area contributed by atoms with Gasteiger partial charge >= 0.3 is 0 Å². The van der Waals surface area contributed by atoms with E-state index in [1.54, 1.807) is 0 Å². The molecule has 0 atom stereocenters. The summed E-state index contributed by atoms with van der Waals surface area (Å²) < 4.78 is 3.07. The van der Waals surface area contributed by atoms with Gasteiger partial charge in [0.2, 0.25) is 0 Å². The second-order valence-corrected chi connectivity index (χ2v) is 6.89. The Morgan fingerprint density at radius 1 is 1.00 bits per heavy atom. The van der Waals surface area contributed by atoms with Crippen molar-refractivity contribution in [1.29, 1.82) is 0 Å². The summed E-state index contributed by atoms with van der Waals surface area (Å²) in [4.78, 5) is 6.75. The molecule has 3 rings (SSSR count). The molecular formula is C19H20BrN5. The van der Waals surface area contributed by atoms with Crippen molar-refractivity contribution in [3.05, 3.63) is 53.0 Å². The maximum atomic E-state index is 4.77. The van der Waals surface area contributed by atoms with Crippen LogP contribution in [-0.4, -0.2) is 29.4 Å². The van der Waals surface area contributed by atoms with Crippen molar-refractivity contribution in [3.63, 3.8) is 0 Å². The highest BCUT2D eigenvalue weighted by Crippen LogP contribution is 2.39. The van der Waals surface area contributed by atoms with Gasteiger partial charge in [-0.15, -0.1) is 5.11 Å². The van der Waals surface area contributed by atoms with E-state index < -0.39 is 0 Å². The highest BCUT2D eigenvalue weighted by atomic mass is 79.9. The molecule has 25 heavy (non-hydrogen) atoms. The second kappa shape index (κ2) is 7.19. The summed E-state index contributed by atoms with van der Waals surface area (Å²) in [5.41, 5.74) is 2.66. The molecule has 3 aromatic rings. The van der Waals surface area contributed by atoms with E-state index in [1.807, 2.05) is 69.4 Å². The number of hydrogen-bond donors (Lipinski definition) is 0. The molecule has 0 amide bonds. The number of nitrogens with zero attached hydrogens (tertiary/aromatic N) is 5. The van der Waals surface area contributed by atoms with Crippen LogP contribution in [0, 0.1) is 0 Å². The van der Waals surface area contributed by atoms with E-state index in [4.69, 9.17) is 4.99 Å². The number of aryl methyl sites for hydroxylation is 1. The molecule has 0 aliphatic carbocycles. The molecule has 1 aromatic heterocycles. The molecule has 0 aliphatic rings. The molecule has 0 fully saturated rings. The minimum absolute atomic E-state index is 0.780. The minimum atomic E-state index is 0.780. The number of halogens is 1. The summed E-state index contributed by atoms with van der Waals surface area (Å²) in [5.74, 6) is 1.71. The maximum Gasteiger partial charge on any atom is 0.163 e. The fraction of sp³-hybridized carbons (Fsp3) is 0.211. The Balaban J connectivity index is 2.15. The third-order valence-electron chi connectivity index (χ3n) is 4.06. The Morgan fingerprint density at radius 2 is 1.68 bits per heavy atom. The number of hydrogen-bond acceptors (Lipinski definition) is 3. The molecule has 0 unspecified atom stereocenters. The molecule has 0 spiro atoms. The summed E-state index contributed by atoms with van der Waals surface area (Å²) in [6, 6.07) is 15.9. The number of amidine groups is 1. The highest BCUT2D eigenvalue weighted by Gasteiger charge is 2.15. The van der Waals surface area contributed by atoms with E-state index in [1.165, 1.54) is 0 Å². The third-order valence-corrected chi connectivity index (χ3v) is 4.59. The number of rotatable bonds is 3. The van der Waals surface area contributed by atoms with Crippen LogP contribution in [0.5, 0.6) is 0 Å². The third kappa shape index (κ3) is 3.64. The standard InChI is InChI=1S/C19H20BrN5/c1-13(24(2)3)21-19-18(16-7-5-6-8-17(16)25(19)4)23-22-15-11-9-14(20)10-12-15/h5-12H,1-4H3. The number of aromatic nitrogens is 1. The zero-order valence-corrected chi connectivity index (χ0v) is 16.3. The molecule has 2 aromatic carbocycles. The largest absolute Gasteiger partial charge is 0.366 e. The van der Waals surface area contributed by atoms with Gasteiger partial charge in [-0.25, -0.2) is 4.99 Å². The Kier molecular flexibility index (Phi) is 4.99. The molecule has 0 saturated heterocycles. The molecule has 0 radical (unpaired) electrons. The van der Waals surface area contributed by atoms with Crippen LogP contribution in [0.4, 0.5) is 17.2 Å². The highest BCUT2D eigenvalue weighted by molar-refractivity contribution is 9.10. The van der Waals surface area contributed by atoms with E-state index in [-0.39, 0.29) is 0 Å². The topological polar surface area (TPSA) is 45.2 Å². The van der Waals surface area contributed by atoms with Crippen LogP contribution in [0.25, 0.3) is 10.9 Å². The summed E-state index contributed by atoms with van der Waals surface area (Å²) >= 11 is 3.43. The summed E-state index contributed by atoms with van der Waals surface area (Å²) in [6.45, 7) is 1.98. The molecule has 6 heteroatoms. The van der Waals surface area contributed by atoms with E-state index in [9.17, 15) is 0 Å². The fourth-order valence-corrected chi connectivity index (χ4v) is 2.72. The molecule has 0 aliphatic heterocycles. The number of azo groups is 1. The average Bonchev–Trinajstić information content (AvgIpc) is 2.87. The fourth-order valence-electron chi connectivity index (χ4n) is 2.46. The first-order valence-electron chi connectivity index (χ1n) is 7.94. The molecule has 0 bridgehead atoms. The van der Waals surface area contributed by atoms with Crippen molar-refractivity contribution in [3.8, 4) is 0 Å². The van der Waals surface area contributed by atoms with Crippen LogP contribution in [0.3, 0.4) is 0 Å². The van der Waals surface area contributed by atoms with Gasteiger partial charge in [0.1, 0.15) is 11.5 Å². The van der Waals surface area contributed by atoms with E-state index in [0.717, 1.165) is 38.4 Å². The SMILES string of the molecule is CC(=Nc1c(N=Nc2ccc(Br)cc2)c2ccccc2n1C)N(C)C. The Hall–Kier alpha value is -2.47. The normalized spacial score (nSPS) is 12.3. The smallest absolute Gasteiger partial charge is 0.163 e. The lowest BCUT2D eigenvalue weighted by Gasteiger charge is -2.11. The molecular weight excluding hydrogens is 378 g/mol. The molecule has 5 nitrogen and oxygen atoms in total. The van der Waals surface area contributed by atoms with Gasteiger partial charge in [-0.05, 0) is 37.3 Å². The predicted molar refractivity (Wildman–Crippen MR) is 108 cm³/mol. The summed E-state index contributed by atoms with van der Waals surface area (Å²) in [6.07, 6.45) is 0. The first kappa shape index (κ1) is 17.4. The van der Waals surface area contributed by atoms with Crippen LogP contribution in [0.2, 0.25) is 0 Å². The lowest BCUT2D eigenvalue weighted by atomic mass is 10.2. The molecule has 0 saturated carbocycles. The first-order valence-corrected chi connectivity index (χ1v) is 8.74. The average molecular weight is 398 g/mol. The Bertz CT molecular complexity index is 952. The quantitative estimate of drug-likeness (QED) is 0.305. The van der Waals surface area contributed by atoms with Crippen LogP contribution < -0.4 is 0 Å². The van der Waals surface area contributed by atoms with Gasteiger partial charge in [-0.2, -0.15) is 5.11 Å². The van der Waals surface area contributed by atoms with Crippen LogP contribution in [0.1, 0.15) is 6.92 Å². The van der Waals surface area contributed by atoms with Crippen molar-refractivity contribution in [2.75, 3.05) is 14.1 Å². The van der Waals surface area contributed by atoms with Crippen molar-refractivity contribution in [2.24, 2.45) is 22.3 Å². The van der Waals surface area contributed by atoms with Crippen molar-refractivity contribution < 1.29 is 0 Å². The Labute approximate surface area is 155 Å². The monoisotopic (exact) mass is 397 g/mol. The molecule has 0 N–H and O–H groups in total. The zero-order valence-electron chi connectivity index (χ0n) is 14.7. The van der Waals surface area contributed by atoms with Crippen molar-refractivity contribution in [1.82, 2.24) is 9.47 Å². The van der Waals surface area contributed by atoms with Gasteiger partial charge in [0, 0.05) is 31.0 Å². The van der Waals surface area contributed by atoms with E-state index in [2.05, 4.69) is 42.9 Å². The minimum Gasteiger partial charge on any atom is -0.366 e. The lowest BCUT2D eigenvalue weighted by Crippen LogP contribution is -2.18. The van der Waals surface area contributed by atoms with Gasteiger partial charge < -0.3 is 9.47 Å². The van der Waals surface area contributed by atoms with Crippen LogP contribution in [0.15, 0.2) is 68.2 Å². The van der Waals surface area contributed by atoms with Gasteiger partial charge in [0.25, 0.3) is 0 Å². The van der Waals surface area contributed by atoms with E-state index >= 15 is 0 Å². The number of benzene rings is 2. The van der Waals surface area contributed by atoms with Crippen molar-refractivity contribution in [2.45, 2.75) is 6.92 Å². The van der Waals surface area contributed by atoms with E-state index in [0.29, 0.717) is 0 Å². The molecule has 1 heterocycles. The van der Waals surface area contributed by atoms with Gasteiger partial charge in [0.15, 0.2) is 5.82 Å². The van der Waals surface area contributed by atoms with Crippen LogP contribution >= 0.6 is 15.9 Å². The molecule has 128 valence electrons. The predicted octanol–water partition coefficient (Wildman–Crippen LogP) is 5.97. The summed E-state index contributed by atoms with van der Waals surface area (Å²) in [7, 11) is 5.96. The van der Waals surface area contributed by atoms with Gasteiger partial charge in [-0.3, -0.25) is 0 Å². The number of fused-ring (bicyclic) bond motifs is 1. The zero-order chi connectivity index (χ0) is 18.0.